The summed E-state index contributed by atoms with van der Waals surface area (Å²) in [5.41, 5.74) is 2.92. The molecule has 5 rings (SSSR count). The molecule has 3 N–H and O–H groups in total. The lowest BCUT2D eigenvalue weighted by molar-refractivity contribution is -0.120. The van der Waals surface area contributed by atoms with Crippen molar-refractivity contribution in [2.24, 2.45) is 0 Å². The molecule has 0 unspecified atom stereocenters. The average molecular weight is 570 g/mol. The number of carbonyl (C=O) groups excluding carboxylic acids is 3. The van der Waals surface area contributed by atoms with Gasteiger partial charge in [-0.15, -0.1) is 0 Å². The van der Waals surface area contributed by atoms with Gasteiger partial charge in [0.1, 0.15) is 5.82 Å². The van der Waals surface area contributed by atoms with Gasteiger partial charge in [-0.1, -0.05) is 43.9 Å². The molecule has 1 aliphatic heterocycles. The fraction of sp³-hybridized carbons (Fsp3) is 0.400. The number of fused-ring (bicyclic) bond motifs is 1. The highest BCUT2D eigenvalue weighted by atomic mass is 16.2. The summed E-state index contributed by atoms with van der Waals surface area (Å²) in [6.45, 7) is 3.00. The maximum absolute atomic E-state index is 12.3. The van der Waals surface area contributed by atoms with Crippen molar-refractivity contribution >= 4 is 35.1 Å². The molecule has 1 saturated heterocycles. The number of hydrogen-bond donors (Lipinski definition) is 3. The largest absolute Gasteiger partial charge is 0.329 e. The Morgan fingerprint density at radius 2 is 1.90 bits per heavy atom. The van der Waals surface area contributed by atoms with E-state index in [0.717, 1.165) is 49.9 Å². The summed E-state index contributed by atoms with van der Waals surface area (Å²) < 4.78 is 3.66. The molecule has 12 heteroatoms. The molecule has 0 radical (unpaired) electrons. The second kappa shape index (κ2) is 13.6. The Kier molecular flexibility index (Phi) is 9.28. The molecule has 1 aliphatic rings. The number of unbranched alkanes of at least 4 members (excludes halogenated alkanes) is 7. The smallest absolute Gasteiger partial charge is 0.305 e. The van der Waals surface area contributed by atoms with Gasteiger partial charge in [0.25, 0.3) is 5.91 Å². The number of imidazole rings is 1. The highest BCUT2D eigenvalue weighted by Gasteiger charge is 2.26. The summed E-state index contributed by atoms with van der Waals surface area (Å²) in [5, 5.41) is 16.2. The molecule has 4 amide bonds. The van der Waals surface area contributed by atoms with Crippen molar-refractivity contribution in [1.29, 1.82) is 0 Å². The van der Waals surface area contributed by atoms with Gasteiger partial charge in [0.05, 0.1) is 23.5 Å². The van der Waals surface area contributed by atoms with Gasteiger partial charge >= 0.3 is 6.03 Å². The number of urea groups is 1. The quantitative estimate of drug-likeness (QED) is 0.170. The number of aryl methyl sites for hydroxylation is 2. The number of aromatic nitrogens is 6. The summed E-state index contributed by atoms with van der Waals surface area (Å²) in [4.78, 5) is 42.0. The molecule has 0 saturated carbocycles. The maximum atomic E-state index is 12.3. The van der Waals surface area contributed by atoms with E-state index in [2.05, 4.69) is 42.8 Å². The van der Waals surface area contributed by atoms with Crippen LogP contribution in [0.4, 0.5) is 16.4 Å². The molecule has 4 aromatic rings. The van der Waals surface area contributed by atoms with Gasteiger partial charge in [0.2, 0.25) is 5.91 Å². The molecule has 0 bridgehead atoms. The lowest BCUT2D eigenvalue weighted by Crippen LogP contribution is -2.50. The van der Waals surface area contributed by atoms with Crippen LogP contribution in [0.5, 0.6) is 0 Å². The Hall–Kier alpha value is -4.92. The number of aromatic amines is 1. The second-order valence-corrected chi connectivity index (χ2v) is 10.4. The van der Waals surface area contributed by atoms with E-state index in [4.69, 9.17) is 0 Å². The third-order valence-corrected chi connectivity index (χ3v) is 7.10. The van der Waals surface area contributed by atoms with Gasteiger partial charge in [0.15, 0.2) is 11.5 Å². The highest BCUT2D eigenvalue weighted by Crippen LogP contribution is 2.21. The summed E-state index contributed by atoms with van der Waals surface area (Å²) in [5.74, 6) is 7.15. The molecular formula is C30H35N9O3. The van der Waals surface area contributed by atoms with Gasteiger partial charge in [0, 0.05) is 50.1 Å². The average Bonchev–Trinajstić information content (AvgIpc) is 3.72. The molecule has 1 fully saturated rings. The fourth-order valence-electron chi connectivity index (χ4n) is 4.88. The number of H-pyrrole nitrogens is 1. The predicted octanol–water partition coefficient (Wildman–Crippen LogP) is 4.43. The molecular weight excluding hydrogens is 534 g/mol. The van der Waals surface area contributed by atoms with Crippen molar-refractivity contribution in [2.45, 2.75) is 71.3 Å². The van der Waals surface area contributed by atoms with E-state index >= 15 is 0 Å². The van der Waals surface area contributed by atoms with Crippen molar-refractivity contribution in [3.8, 4) is 11.8 Å². The summed E-state index contributed by atoms with van der Waals surface area (Å²) in [6, 6.07) is 5.17. The number of hydrogen-bond acceptors (Lipinski definition) is 6. The van der Waals surface area contributed by atoms with Gasteiger partial charge in [-0.2, -0.15) is 10.2 Å². The van der Waals surface area contributed by atoms with Gasteiger partial charge in [-0.3, -0.25) is 34.0 Å². The van der Waals surface area contributed by atoms with Gasteiger partial charge in [-0.05, 0) is 31.9 Å². The third kappa shape index (κ3) is 7.23. The number of pyridine rings is 1. The molecule has 0 aliphatic carbocycles. The Labute approximate surface area is 243 Å². The predicted molar refractivity (Wildman–Crippen MR) is 158 cm³/mol. The van der Waals surface area contributed by atoms with Crippen LogP contribution in [0.15, 0.2) is 43.0 Å². The monoisotopic (exact) mass is 569 g/mol. The molecule has 12 nitrogen and oxygen atoms in total. The Bertz CT molecular complexity index is 1620. The van der Waals surface area contributed by atoms with Gasteiger partial charge < -0.3 is 5.32 Å². The molecule has 4 aromatic heterocycles. The number of nitrogens with zero attached hydrogens (tertiary/aromatic N) is 6. The van der Waals surface area contributed by atoms with E-state index in [9.17, 15) is 14.4 Å². The zero-order chi connectivity index (χ0) is 29.3. The lowest BCUT2D eigenvalue weighted by Gasteiger charge is -2.25. The van der Waals surface area contributed by atoms with Crippen LogP contribution < -0.4 is 15.5 Å². The summed E-state index contributed by atoms with van der Waals surface area (Å²) in [6.07, 6.45) is 15.8. The van der Waals surface area contributed by atoms with Crippen LogP contribution in [-0.2, 0) is 11.3 Å². The first-order chi connectivity index (χ1) is 20.5. The van der Waals surface area contributed by atoms with Crippen LogP contribution in [-0.4, -0.2) is 53.8 Å². The zero-order valence-corrected chi connectivity index (χ0v) is 23.7. The second-order valence-electron chi connectivity index (χ2n) is 10.4. The van der Waals surface area contributed by atoms with Crippen LogP contribution in [0.1, 0.15) is 79.4 Å². The SMILES string of the molecule is Cc1cc(NC(=O)c2cnn(CCCCCCCCCC#Cc3cccn4c(N5CCC(=O)NC5=O)cnc34)c2)n[nH]1. The fourth-order valence-corrected chi connectivity index (χ4v) is 4.88. The topological polar surface area (TPSA) is 142 Å². The number of anilines is 2. The molecule has 0 aromatic carbocycles. The van der Waals surface area contributed by atoms with Gasteiger partial charge in [-0.25, -0.2) is 9.78 Å². The highest BCUT2D eigenvalue weighted by molar-refractivity contribution is 6.05. The minimum atomic E-state index is -0.431. The lowest BCUT2D eigenvalue weighted by atomic mass is 10.1. The van der Waals surface area contributed by atoms with Crippen LogP contribution in [0.25, 0.3) is 5.65 Å². The standard InChI is InChI=1S/C30H35N9O3/c1-22-18-25(36-35-22)33-29(41)24-19-32-37(21-24)15-10-8-6-4-2-3-5-7-9-12-23-13-11-16-38-27(20-31-28(23)38)39-17-14-26(40)34-30(39)42/h11,13,16,18-21H,2-8,10,14-15,17H2,1H3,(H,34,40,42)(H2,33,35,36,41). The Morgan fingerprint density at radius 3 is 2.69 bits per heavy atom. The number of amides is 4. The normalized spacial score (nSPS) is 13.2. The van der Waals surface area contributed by atoms with Crippen molar-refractivity contribution in [3.63, 3.8) is 0 Å². The minimum Gasteiger partial charge on any atom is -0.305 e. The molecule has 5 heterocycles. The van der Waals surface area contributed by atoms with Crippen molar-refractivity contribution in [3.05, 3.63) is 59.8 Å². The first-order valence-electron chi connectivity index (χ1n) is 14.4. The summed E-state index contributed by atoms with van der Waals surface area (Å²) in [7, 11) is 0. The Balaban J connectivity index is 0.961. The van der Waals surface area contributed by atoms with Crippen molar-refractivity contribution in [1.82, 2.24) is 34.7 Å². The van der Waals surface area contributed by atoms with Crippen LogP contribution in [0, 0.1) is 18.8 Å². The zero-order valence-electron chi connectivity index (χ0n) is 23.7. The van der Waals surface area contributed by atoms with Crippen LogP contribution in [0.2, 0.25) is 0 Å². The minimum absolute atomic E-state index is 0.215. The number of nitrogens with one attached hydrogen (secondary N) is 3. The van der Waals surface area contributed by atoms with E-state index in [-0.39, 0.29) is 18.2 Å². The first kappa shape index (κ1) is 28.6. The number of carbonyl (C=O) groups is 3. The van der Waals surface area contributed by atoms with Crippen molar-refractivity contribution in [2.75, 3.05) is 16.8 Å². The molecule has 0 atom stereocenters. The third-order valence-electron chi connectivity index (χ3n) is 7.10. The first-order valence-corrected chi connectivity index (χ1v) is 14.4. The molecule has 0 spiro atoms. The van der Waals surface area contributed by atoms with E-state index in [1.807, 2.05) is 34.3 Å². The van der Waals surface area contributed by atoms with Crippen LogP contribution in [0.3, 0.4) is 0 Å². The summed E-state index contributed by atoms with van der Waals surface area (Å²) >= 11 is 0. The number of rotatable bonds is 12. The van der Waals surface area contributed by atoms with E-state index in [1.54, 1.807) is 24.7 Å². The molecule has 218 valence electrons. The maximum Gasteiger partial charge on any atom is 0.329 e. The van der Waals surface area contributed by atoms with Crippen LogP contribution >= 0.6 is 0 Å². The van der Waals surface area contributed by atoms with E-state index in [1.165, 1.54) is 24.2 Å². The Morgan fingerprint density at radius 1 is 1.10 bits per heavy atom. The number of imide groups is 1. The van der Waals surface area contributed by atoms with E-state index in [0.29, 0.717) is 29.4 Å². The van der Waals surface area contributed by atoms with Crippen molar-refractivity contribution < 1.29 is 14.4 Å². The molecule has 42 heavy (non-hydrogen) atoms. The van der Waals surface area contributed by atoms with E-state index < -0.39 is 6.03 Å².